The predicted molar refractivity (Wildman–Crippen MR) is 129 cm³/mol. The van der Waals surface area contributed by atoms with E-state index in [9.17, 15) is 14.4 Å². The zero-order valence-corrected chi connectivity index (χ0v) is 20.1. The highest BCUT2D eigenvalue weighted by Gasteiger charge is 2.38. The molecule has 0 atom stereocenters. The first-order valence-corrected chi connectivity index (χ1v) is 12.3. The number of nitrogens with zero attached hydrogens (tertiary/aromatic N) is 5. The maximum Gasteiger partial charge on any atom is 0.317 e. The van der Waals surface area contributed by atoms with E-state index in [1.54, 1.807) is 22.6 Å². The number of hydrogen-bond donors (Lipinski definition) is 1. The maximum absolute atomic E-state index is 13.2. The second-order valence-electron chi connectivity index (χ2n) is 9.06. The molecular weight excluding hydrogens is 436 g/mol. The van der Waals surface area contributed by atoms with E-state index in [0.29, 0.717) is 56.3 Å². The average Bonchev–Trinajstić information content (AvgIpc) is 2.84. The van der Waals surface area contributed by atoms with Crippen LogP contribution in [0.2, 0.25) is 0 Å². The normalized spacial score (nSPS) is 18.1. The number of aromatic nitrogens is 3. The largest absolute Gasteiger partial charge is 0.466 e. The highest BCUT2D eigenvalue weighted by atomic mass is 16.5. The molecule has 0 aromatic carbocycles. The molecule has 0 radical (unpaired) electrons. The third-order valence-electron chi connectivity index (χ3n) is 6.84. The highest BCUT2D eigenvalue weighted by Crippen LogP contribution is 2.32. The summed E-state index contributed by atoms with van der Waals surface area (Å²) in [7, 11) is 0. The van der Waals surface area contributed by atoms with Gasteiger partial charge in [0.05, 0.1) is 18.6 Å². The van der Waals surface area contributed by atoms with Gasteiger partial charge in [-0.05, 0) is 38.8 Å². The molecule has 10 heteroatoms. The van der Waals surface area contributed by atoms with Crippen molar-refractivity contribution in [1.29, 1.82) is 0 Å². The van der Waals surface area contributed by atoms with E-state index >= 15 is 0 Å². The zero-order chi connectivity index (χ0) is 24.1. The van der Waals surface area contributed by atoms with E-state index in [1.807, 2.05) is 24.0 Å². The van der Waals surface area contributed by atoms with E-state index in [1.165, 1.54) is 0 Å². The molecule has 2 amide bonds. The summed E-state index contributed by atoms with van der Waals surface area (Å²) in [5.74, 6) is 0.132. The van der Waals surface area contributed by atoms with Crippen molar-refractivity contribution in [3.8, 4) is 0 Å². The molecule has 184 valence electrons. The minimum Gasteiger partial charge on any atom is -0.466 e. The number of fused-ring (bicyclic) bond motifs is 1. The number of esters is 1. The second kappa shape index (κ2) is 10.4. The number of piperazine rings is 1. The maximum atomic E-state index is 13.2. The van der Waals surface area contributed by atoms with Crippen molar-refractivity contribution >= 4 is 29.0 Å². The van der Waals surface area contributed by atoms with E-state index in [0.717, 1.165) is 32.1 Å². The molecule has 34 heavy (non-hydrogen) atoms. The fourth-order valence-corrected chi connectivity index (χ4v) is 5.05. The third-order valence-corrected chi connectivity index (χ3v) is 6.84. The van der Waals surface area contributed by atoms with Crippen molar-refractivity contribution in [3.63, 3.8) is 0 Å². The smallest absolute Gasteiger partial charge is 0.317 e. The van der Waals surface area contributed by atoms with Gasteiger partial charge >= 0.3 is 12.0 Å². The van der Waals surface area contributed by atoms with Crippen molar-refractivity contribution in [1.82, 2.24) is 24.8 Å². The molecule has 1 saturated carbocycles. The molecule has 1 aliphatic carbocycles. The molecule has 1 N–H and O–H groups in total. The van der Waals surface area contributed by atoms with Crippen molar-refractivity contribution in [2.45, 2.75) is 64.5 Å². The first-order valence-electron chi connectivity index (χ1n) is 12.3. The number of nitrogens with one attached hydrogen (secondary N) is 1. The molecule has 2 aromatic heterocycles. The van der Waals surface area contributed by atoms with Crippen LogP contribution in [-0.4, -0.2) is 69.8 Å². The standard InChI is InChI=1S/C24H34N6O4/c1-3-30-20-18(9-8-12-25-20)26-21(22(30)32)28-13-15-29(16-14-28)23(33)27-24(10-6-5-7-11-24)17-19(31)34-4-2/h8-9,12H,3-7,10-11,13-17H2,1-2H3,(H,27,33). The summed E-state index contributed by atoms with van der Waals surface area (Å²) >= 11 is 0. The number of hydrogen-bond acceptors (Lipinski definition) is 7. The molecule has 1 saturated heterocycles. The van der Waals surface area contributed by atoms with Crippen LogP contribution in [0.1, 0.15) is 52.4 Å². The molecular formula is C24H34N6O4. The summed E-state index contributed by atoms with van der Waals surface area (Å²) in [4.78, 5) is 51.1. The minimum atomic E-state index is -0.541. The van der Waals surface area contributed by atoms with E-state index < -0.39 is 5.54 Å². The Hall–Kier alpha value is -3.17. The van der Waals surface area contributed by atoms with Gasteiger partial charge in [-0.25, -0.2) is 14.8 Å². The van der Waals surface area contributed by atoms with Crippen LogP contribution in [0.3, 0.4) is 0 Å². The van der Waals surface area contributed by atoms with Gasteiger partial charge in [0.2, 0.25) is 0 Å². The Balaban J connectivity index is 1.44. The van der Waals surface area contributed by atoms with E-state index in [-0.39, 0.29) is 24.0 Å². The average molecular weight is 471 g/mol. The molecule has 0 unspecified atom stereocenters. The molecule has 2 aromatic rings. The Morgan fingerprint density at radius 3 is 2.53 bits per heavy atom. The molecule has 2 fully saturated rings. The van der Waals surface area contributed by atoms with Crippen LogP contribution in [0.15, 0.2) is 23.1 Å². The van der Waals surface area contributed by atoms with Gasteiger partial charge in [0.1, 0.15) is 5.52 Å². The number of pyridine rings is 1. The first-order chi connectivity index (χ1) is 16.5. The molecule has 10 nitrogen and oxygen atoms in total. The van der Waals surface area contributed by atoms with Crippen LogP contribution in [0.5, 0.6) is 0 Å². The van der Waals surface area contributed by atoms with Gasteiger partial charge in [0.15, 0.2) is 11.5 Å². The fourth-order valence-electron chi connectivity index (χ4n) is 5.05. The van der Waals surface area contributed by atoms with Crippen LogP contribution >= 0.6 is 0 Å². The number of urea groups is 1. The highest BCUT2D eigenvalue weighted by molar-refractivity contribution is 5.78. The lowest BCUT2D eigenvalue weighted by atomic mass is 9.79. The lowest BCUT2D eigenvalue weighted by Gasteiger charge is -2.41. The molecule has 0 bridgehead atoms. The summed E-state index contributed by atoms with van der Waals surface area (Å²) < 4.78 is 6.80. The number of ether oxygens (including phenoxy) is 1. The Bertz CT molecular complexity index is 1090. The van der Waals surface area contributed by atoms with Crippen molar-refractivity contribution in [2.24, 2.45) is 0 Å². The molecule has 2 aliphatic rings. The Kier molecular flexibility index (Phi) is 7.33. The van der Waals surface area contributed by atoms with E-state index in [2.05, 4.69) is 15.3 Å². The van der Waals surface area contributed by atoms with Gasteiger partial charge in [-0.2, -0.15) is 0 Å². The number of anilines is 1. The zero-order valence-electron chi connectivity index (χ0n) is 20.1. The van der Waals surface area contributed by atoms with Gasteiger partial charge < -0.3 is 19.9 Å². The second-order valence-corrected chi connectivity index (χ2v) is 9.06. The number of carbonyl (C=O) groups excluding carboxylic acids is 2. The monoisotopic (exact) mass is 470 g/mol. The van der Waals surface area contributed by atoms with Gasteiger partial charge in [0, 0.05) is 38.9 Å². The summed E-state index contributed by atoms with van der Waals surface area (Å²) in [6.45, 7) is 6.51. The van der Waals surface area contributed by atoms with Crippen molar-refractivity contribution in [3.05, 3.63) is 28.7 Å². The first kappa shape index (κ1) is 24.0. The summed E-state index contributed by atoms with van der Waals surface area (Å²) in [5, 5.41) is 3.18. The predicted octanol–water partition coefficient (Wildman–Crippen LogP) is 2.30. The van der Waals surface area contributed by atoms with Crippen LogP contribution in [0.25, 0.3) is 11.2 Å². The molecule has 0 spiro atoms. The Morgan fingerprint density at radius 2 is 1.85 bits per heavy atom. The van der Waals surface area contributed by atoms with E-state index in [4.69, 9.17) is 4.74 Å². The van der Waals surface area contributed by atoms with Crippen molar-refractivity contribution < 1.29 is 14.3 Å². The van der Waals surface area contributed by atoms with Gasteiger partial charge in [-0.1, -0.05) is 19.3 Å². The quantitative estimate of drug-likeness (QED) is 0.645. The van der Waals surface area contributed by atoms with Crippen LogP contribution < -0.4 is 15.8 Å². The SMILES string of the molecule is CCOC(=O)CC1(NC(=O)N2CCN(c3nc4cccnc4n(CC)c3=O)CC2)CCCCC1. The fraction of sp³-hybridized carbons (Fsp3) is 0.625. The van der Waals surface area contributed by atoms with Crippen LogP contribution in [0, 0.1) is 0 Å². The van der Waals surface area contributed by atoms with Gasteiger partial charge in [-0.3, -0.25) is 14.2 Å². The third kappa shape index (κ3) is 5.00. The lowest BCUT2D eigenvalue weighted by Crippen LogP contribution is -2.59. The lowest BCUT2D eigenvalue weighted by molar-refractivity contribution is -0.145. The number of carbonyl (C=O) groups is 2. The van der Waals surface area contributed by atoms with Crippen LogP contribution in [-0.2, 0) is 16.1 Å². The van der Waals surface area contributed by atoms with Crippen LogP contribution in [0.4, 0.5) is 10.6 Å². The molecule has 1 aliphatic heterocycles. The Morgan fingerprint density at radius 1 is 1.12 bits per heavy atom. The number of aryl methyl sites for hydroxylation is 1. The summed E-state index contributed by atoms with van der Waals surface area (Å²) in [6.07, 6.45) is 6.51. The van der Waals surface area contributed by atoms with Gasteiger partial charge in [0.25, 0.3) is 5.56 Å². The summed E-state index contributed by atoms with van der Waals surface area (Å²) in [6, 6.07) is 3.50. The topological polar surface area (TPSA) is 110 Å². The van der Waals surface area contributed by atoms with Gasteiger partial charge in [-0.15, -0.1) is 0 Å². The molecule has 3 heterocycles. The minimum absolute atomic E-state index is 0.160. The number of amides is 2. The Labute approximate surface area is 199 Å². The molecule has 4 rings (SSSR count). The number of rotatable bonds is 6. The summed E-state index contributed by atoms with van der Waals surface area (Å²) in [5.41, 5.74) is 0.552. The van der Waals surface area contributed by atoms with Crippen molar-refractivity contribution in [2.75, 3.05) is 37.7 Å².